The van der Waals surface area contributed by atoms with Gasteiger partial charge in [0.15, 0.2) is 5.88 Å². The molecule has 1 heterocycles. The Morgan fingerprint density at radius 3 is 2.57 bits per heavy atom. The highest BCUT2D eigenvalue weighted by Gasteiger charge is 2.23. The molecule has 0 amide bonds. The van der Waals surface area contributed by atoms with E-state index < -0.39 is 0 Å². The standard InChI is InChI=1S/C13H25N3O.C4H8/c1-6-14-15-12-8-7-9-16(10-12)11(2)17-13(3,4)5;1-3-4-2/h6,12,15H,2,7-10H2,1,3-5H3;3H,1,4H2,2H3/b14-6-;. The van der Waals surface area contributed by atoms with E-state index in [2.05, 4.69) is 35.5 Å². The molecule has 0 aromatic carbocycles. The second-order valence-electron chi connectivity index (χ2n) is 6.11. The smallest absolute Gasteiger partial charge is 0.182 e. The fourth-order valence-corrected chi connectivity index (χ4v) is 1.91. The maximum atomic E-state index is 5.80. The van der Waals surface area contributed by atoms with Crippen molar-refractivity contribution in [2.75, 3.05) is 13.1 Å². The van der Waals surface area contributed by atoms with Gasteiger partial charge in [-0.3, -0.25) is 0 Å². The number of hydrogen-bond donors (Lipinski definition) is 1. The summed E-state index contributed by atoms with van der Waals surface area (Å²) in [7, 11) is 0. The maximum absolute atomic E-state index is 5.80. The third-order valence-corrected chi connectivity index (χ3v) is 2.87. The molecule has 1 fully saturated rings. The molecule has 1 saturated heterocycles. The molecule has 0 radical (unpaired) electrons. The number of nitrogens with one attached hydrogen (secondary N) is 1. The second-order valence-corrected chi connectivity index (χ2v) is 6.11. The molecule has 0 aliphatic carbocycles. The van der Waals surface area contributed by atoms with Crippen molar-refractivity contribution in [2.45, 2.75) is 65.5 Å². The summed E-state index contributed by atoms with van der Waals surface area (Å²) in [5.74, 6) is 0.768. The Morgan fingerprint density at radius 1 is 1.48 bits per heavy atom. The van der Waals surface area contributed by atoms with Gasteiger partial charge in [-0.1, -0.05) is 13.0 Å². The number of hydrazone groups is 1. The van der Waals surface area contributed by atoms with Gasteiger partial charge in [0.25, 0.3) is 0 Å². The van der Waals surface area contributed by atoms with E-state index in [1.165, 1.54) is 0 Å². The fraction of sp³-hybridized carbons (Fsp3) is 0.706. The van der Waals surface area contributed by atoms with Gasteiger partial charge >= 0.3 is 0 Å². The van der Waals surface area contributed by atoms with E-state index >= 15 is 0 Å². The van der Waals surface area contributed by atoms with Crippen molar-refractivity contribution < 1.29 is 4.74 Å². The highest BCUT2D eigenvalue weighted by molar-refractivity contribution is 5.52. The van der Waals surface area contributed by atoms with Crippen molar-refractivity contribution in [3.05, 3.63) is 25.1 Å². The van der Waals surface area contributed by atoms with Gasteiger partial charge in [-0.15, -0.1) is 6.58 Å². The topological polar surface area (TPSA) is 36.9 Å². The van der Waals surface area contributed by atoms with Gasteiger partial charge in [0.2, 0.25) is 0 Å². The summed E-state index contributed by atoms with van der Waals surface area (Å²) >= 11 is 0. The zero-order valence-corrected chi connectivity index (χ0v) is 14.5. The number of likely N-dealkylation sites (tertiary alicyclic amines) is 1. The molecule has 1 unspecified atom stereocenters. The lowest BCUT2D eigenvalue weighted by molar-refractivity contribution is -0.00491. The minimum atomic E-state index is -0.182. The van der Waals surface area contributed by atoms with Gasteiger partial charge in [-0.2, -0.15) is 5.10 Å². The van der Waals surface area contributed by atoms with Crippen LogP contribution in [0.4, 0.5) is 0 Å². The summed E-state index contributed by atoms with van der Waals surface area (Å²) in [6.07, 6.45) is 7.03. The first-order chi connectivity index (χ1) is 9.84. The van der Waals surface area contributed by atoms with Crippen LogP contribution in [0, 0.1) is 0 Å². The van der Waals surface area contributed by atoms with Crippen LogP contribution < -0.4 is 5.43 Å². The first-order valence-corrected chi connectivity index (χ1v) is 7.81. The van der Waals surface area contributed by atoms with E-state index in [9.17, 15) is 0 Å². The average molecular weight is 295 g/mol. The molecule has 1 N–H and O–H groups in total. The minimum absolute atomic E-state index is 0.182. The average Bonchev–Trinajstić information content (AvgIpc) is 2.44. The predicted octanol–water partition coefficient (Wildman–Crippen LogP) is 3.91. The third-order valence-electron chi connectivity index (χ3n) is 2.87. The van der Waals surface area contributed by atoms with Gasteiger partial charge in [0, 0.05) is 19.3 Å². The Hall–Kier alpha value is -1.45. The first kappa shape index (κ1) is 19.6. The van der Waals surface area contributed by atoms with Crippen LogP contribution in [0.3, 0.4) is 0 Å². The molecule has 1 aliphatic heterocycles. The van der Waals surface area contributed by atoms with E-state index in [4.69, 9.17) is 4.74 Å². The minimum Gasteiger partial charge on any atom is -0.474 e. The number of ether oxygens (including phenoxy) is 1. The maximum Gasteiger partial charge on any atom is 0.182 e. The Labute approximate surface area is 130 Å². The number of allylic oxidation sites excluding steroid dienone is 1. The van der Waals surface area contributed by atoms with Gasteiger partial charge in [-0.25, -0.2) is 0 Å². The lowest BCUT2D eigenvalue weighted by Crippen LogP contribution is -2.44. The Morgan fingerprint density at radius 2 is 2.10 bits per heavy atom. The Balaban J connectivity index is 0.000000885. The quantitative estimate of drug-likeness (QED) is 0.361. The number of rotatable bonds is 5. The summed E-state index contributed by atoms with van der Waals surface area (Å²) in [5.41, 5.74) is 2.97. The van der Waals surface area contributed by atoms with E-state index in [1.807, 2.05) is 33.8 Å². The van der Waals surface area contributed by atoms with Crippen LogP contribution in [0.2, 0.25) is 0 Å². The van der Waals surface area contributed by atoms with Crippen LogP contribution in [0.5, 0.6) is 0 Å². The molecular weight excluding hydrogens is 262 g/mol. The highest BCUT2D eigenvalue weighted by Crippen LogP contribution is 2.19. The molecule has 4 heteroatoms. The molecule has 21 heavy (non-hydrogen) atoms. The van der Waals surface area contributed by atoms with Crippen molar-refractivity contribution >= 4 is 6.21 Å². The first-order valence-electron chi connectivity index (χ1n) is 7.81. The summed E-state index contributed by atoms with van der Waals surface area (Å²) < 4.78 is 5.80. The van der Waals surface area contributed by atoms with Crippen molar-refractivity contribution in [1.29, 1.82) is 0 Å². The van der Waals surface area contributed by atoms with Crippen LogP contribution >= 0.6 is 0 Å². The Bertz CT molecular complexity index is 331. The lowest BCUT2D eigenvalue weighted by atomic mass is 10.1. The molecule has 0 spiro atoms. The summed E-state index contributed by atoms with van der Waals surface area (Å²) in [4.78, 5) is 2.19. The molecular formula is C17H33N3O. The second kappa shape index (κ2) is 10.3. The number of hydrogen-bond acceptors (Lipinski definition) is 4. The molecule has 1 aliphatic rings. The molecule has 0 aromatic heterocycles. The monoisotopic (exact) mass is 295 g/mol. The zero-order chi connectivity index (χ0) is 16.3. The van der Waals surface area contributed by atoms with E-state index in [-0.39, 0.29) is 5.60 Å². The van der Waals surface area contributed by atoms with Crippen LogP contribution in [-0.4, -0.2) is 35.8 Å². The van der Waals surface area contributed by atoms with Gasteiger partial charge in [0.05, 0.1) is 6.04 Å². The van der Waals surface area contributed by atoms with Crippen molar-refractivity contribution in [3.8, 4) is 0 Å². The zero-order valence-electron chi connectivity index (χ0n) is 14.5. The molecule has 0 aromatic rings. The Kier molecular flexibility index (Phi) is 9.59. The third kappa shape index (κ3) is 9.99. The fourth-order valence-electron chi connectivity index (χ4n) is 1.91. The highest BCUT2D eigenvalue weighted by atomic mass is 16.5. The molecule has 122 valence electrons. The van der Waals surface area contributed by atoms with Gasteiger partial charge < -0.3 is 15.1 Å². The van der Waals surface area contributed by atoms with Crippen LogP contribution in [0.25, 0.3) is 0 Å². The SMILES string of the molecule is C=C(OC(C)(C)C)N1CCCC(N/N=C\C)C1.C=CCC. The van der Waals surface area contributed by atoms with E-state index in [0.29, 0.717) is 6.04 Å². The molecule has 4 nitrogen and oxygen atoms in total. The number of nitrogens with zero attached hydrogens (tertiary/aromatic N) is 2. The van der Waals surface area contributed by atoms with Crippen molar-refractivity contribution in [3.63, 3.8) is 0 Å². The largest absolute Gasteiger partial charge is 0.474 e. The van der Waals surface area contributed by atoms with Crippen LogP contribution in [-0.2, 0) is 4.74 Å². The molecule has 0 bridgehead atoms. The van der Waals surface area contributed by atoms with Gasteiger partial charge in [-0.05, 0) is 53.5 Å². The van der Waals surface area contributed by atoms with E-state index in [1.54, 1.807) is 6.21 Å². The molecule has 1 atom stereocenters. The summed E-state index contributed by atoms with van der Waals surface area (Å²) in [6.45, 7) is 19.5. The molecule has 1 rings (SSSR count). The number of piperidine rings is 1. The predicted molar refractivity (Wildman–Crippen MR) is 92.4 cm³/mol. The summed E-state index contributed by atoms with van der Waals surface area (Å²) in [6, 6.07) is 0.389. The molecule has 0 saturated carbocycles. The van der Waals surface area contributed by atoms with Crippen LogP contribution in [0.1, 0.15) is 53.9 Å². The van der Waals surface area contributed by atoms with E-state index in [0.717, 1.165) is 38.2 Å². The summed E-state index contributed by atoms with van der Waals surface area (Å²) in [5, 5.41) is 4.09. The van der Waals surface area contributed by atoms with Gasteiger partial charge in [0.1, 0.15) is 5.60 Å². The normalized spacial score (nSPS) is 18.7. The lowest BCUT2D eigenvalue weighted by Gasteiger charge is -2.37. The van der Waals surface area contributed by atoms with Crippen molar-refractivity contribution in [2.24, 2.45) is 5.10 Å². The van der Waals surface area contributed by atoms with Crippen LogP contribution in [0.15, 0.2) is 30.2 Å². The van der Waals surface area contributed by atoms with Crippen molar-refractivity contribution in [1.82, 2.24) is 10.3 Å².